The van der Waals surface area contributed by atoms with Crippen molar-refractivity contribution in [3.05, 3.63) is 243 Å². The molecule has 0 bridgehead atoms. The molecule has 0 atom stereocenters. The van der Waals surface area contributed by atoms with Crippen LogP contribution in [0.25, 0.3) is 44.5 Å². The summed E-state index contributed by atoms with van der Waals surface area (Å²) in [5, 5.41) is 5.60. The number of para-hydroxylation sites is 4. The van der Waals surface area contributed by atoms with Crippen molar-refractivity contribution in [2.75, 3.05) is 9.62 Å². The SMILES string of the molecule is c1ccc([Si](c2ccccc2)(c2cccc3c2B2c4ccccc4-c4ccccc4N2c2ccccc2-3)c2cccc3c2B2c4ccccc4-c4ccccc4N2c2ccccc2-3)cc1. The number of nitrogens with zero attached hydrogens (tertiary/aromatic N) is 2. The van der Waals surface area contributed by atoms with Gasteiger partial charge in [0.2, 0.25) is 0 Å². The molecule has 0 saturated heterocycles. The molecule has 0 aromatic heterocycles. The van der Waals surface area contributed by atoms with Gasteiger partial charge in [-0.1, -0.05) is 218 Å². The molecule has 0 aliphatic carbocycles. The predicted octanol–water partition coefficient (Wildman–Crippen LogP) is 8.87. The van der Waals surface area contributed by atoms with E-state index in [-0.39, 0.29) is 13.7 Å². The van der Waals surface area contributed by atoms with Gasteiger partial charge in [0.25, 0.3) is 0 Å². The maximum Gasteiger partial charge on any atom is 0.329 e. The van der Waals surface area contributed by atoms with Gasteiger partial charge in [0, 0.05) is 45.0 Å². The third-order valence-electron chi connectivity index (χ3n) is 14.8. The van der Waals surface area contributed by atoms with E-state index in [1.807, 2.05) is 0 Å². The standard InChI is InChI=1S/C60H40B2N2Si/c1-3-21-41(22-4-1)65(42-23-5-2-6-24-42,57-39-19-31-49-47-29-11-17-37-55(47)63-53-35-15-9-27-45(53)43-25-7-13-33-51(43)61(63)59(49)57)58-40-20-32-50-48-30-12-18-38-56(48)64-54-36-16-10-28-46(54)44-26-8-14-34-52(44)62(64)60(50)58/h1-40H. The summed E-state index contributed by atoms with van der Waals surface area (Å²) in [6.45, 7) is -0.138. The summed E-state index contributed by atoms with van der Waals surface area (Å²) < 4.78 is 0. The fourth-order valence-electron chi connectivity index (χ4n) is 12.4. The van der Waals surface area contributed by atoms with Crippen LogP contribution < -0.4 is 52.2 Å². The summed E-state index contributed by atoms with van der Waals surface area (Å²) in [6.07, 6.45) is 0. The second kappa shape index (κ2) is 14.1. The van der Waals surface area contributed by atoms with Gasteiger partial charge in [0.05, 0.1) is 0 Å². The molecule has 0 amide bonds. The first-order valence-electron chi connectivity index (χ1n) is 22.8. The Hall–Kier alpha value is -7.85. The molecule has 65 heavy (non-hydrogen) atoms. The first-order chi connectivity index (χ1) is 32.3. The molecular formula is C60H40B2N2Si. The van der Waals surface area contributed by atoms with Crippen LogP contribution in [-0.2, 0) is 0 Å². The summed E-state index contributed by atoms with van der Waals surface area (Å²) in [4.78, 5) is 5.33. The zero-order valence-corrected chi connectivity index (χ0v) is 36.6. The Bertz CT molecular complexity index is 3320. The van der Waals surface area contributed by atoms with Crippen LogP contribution in [0.5, 0.6) is 0 Å². The first kappa shape index (κ1) is 36.6. The van der Waals surface area contributed by atoms with E-state index in [2.05, 4.69) is 252 Å². The molecular weight excluding hydrogens is 798 g/mol. The van der Waals surface area contributed by atoms with Crippen molar-refractivity contribution in [1.82, 2.24) is 0 Å². The van der Waals surface area contributed by atoms with Gasteiger partial charge < -0.3 is 9.62 Å². The minimum Gasteiger partial charge on any atom is -0.376 e. The van der Waals surface area contributed by atoms with Crippen LogP contribution in [-0.4, -0.2) is 21.8 Å². The first-order valence-corrected chi connectivity index (χ1v) is 24.8. The molecule has 0 fully saturated rings. The summed E-state index contributed by atoms with van der Waals surface area (Å²) >= 11 is 0. The van der Waals surface area contributed by atoms with Gasteiger partial charge in [0.1, 0.15) is 0 Å². The number of hydrogen-bond donors (Lipinski definition) is 0. The second-order valence-corrected chi connectivity index (χ2v) is 21.5. The minimum atomic E-state index is -3.33. The van der Waals surface area contributed by atoms with Gasteiger partial charge in [-0.2, -0.15) is 0 Å². The van der Waals surface area contributed by atoms with E-state index in [0.29, 0.717) is 0 Å². The van der Waals surface area contributed by atoms with Crippen LogP contribution in [0.4, 0.5) is 22.7 Å². The van der Waals surface area contributed by atoms with Crippen molar-refractivity contribution >= 4 is 87.1 Å². The largest absolute Gasteiger partial charge is 0.376 e. The van der Waals surface area contributed by atoms with Crippen molar-refractivity contribution in [2.24, 2.45) is 0 Å². The monoisotopic (exact) mass is 838 g/mol. The highest BCUT2D eigenvalue weighted by Gasteiger charge is 2.53. The minimum absolute atomic E-state index is 0.0689. The van der Waals surface area contributed by atoms with Crippen LogP contribution in [0.3, 0.4) is 0 Å². The number of benzene rings is 10. The number of hydrogen-bond acceptors (Lipinski definition) is 2. The van der Waals surface area contributed by atoms with Crippen molar-refractivity contribution in [2.45, 2.75) is 0 Å². The van der Waals surface area contributed by atoms with E-state index in [0.717, 1.165) is 0 Å². The molecule has 4 aliphatic heterocycles. The van der Waals surface area contributed by atoms with Gasteiger partial charge in [-0.15, -0.1) is 0 Å². The highest BCUT2D eigenvalue weighted by atomic mass is 28.3. The van der Waals surface area contributed by atoms with E-state index >= 15 is 0 Å². The Kier molecular flexibility index (Phi) is 7.93. The highest BCUT2D eigenvalue weighted by molar-refractivity contribution is 7.24. The van der Waals surface area contributed by atoms with Crippen molar-refractivity contribution in [3.63, 3.8) is 0 Å². The lowest BCUT2D eigenvalue weighted by Crippen LogP contribution is -2.83. The lowest BCUT2D eigenvalue weighted by atomic mass is 9.43. The molecule has 2 nitrogen and oxygen atoms in total. The van der Waals surface area contributed by atoms with E-state index < -0.39 is 8.07 Å². The molecule has 0 saturated carbocycles. The predicted molar refractivity (Wildman–Crippen MR) is 279 cm³/mol. The number of fused-ring (bicyclic) bond motifs is 22. The van der Waals surface area contributed by atoms with Gasteiger partial charge in [-0.25, -0.2) is 0 Å². The molecule has 5 heteroatoms. The third-order valence-corrected chi connectivity index (χ3v) is 19.7. The number of anilines is 4. The fraction of sp³-hybridized carbons (Fsp3) is 0. The average molecular weight is 839 g/mol. The Balaban J connectivity index is 1.17. The lowest BCUT2D eigenvalue weighted by molar-refractivity contribution is 1.35. The molecule has 0 radical (unpaired) electrons. The topological polar surface area (TPSA) is 6.48 Å². The van der Waals surface area contributed by atoms with Crippen LogP contribution in [0.1, 0.15) is 0 Å². The van der Waals surface area contributed by atoms with E-state index in [1.54, 1.807) is 0 Å². The fourth-order valence-corrected chi connectivity index (χ4v) is 17.7. The Morgan fingerprint density at radius 2 is 0.538 bits per heavy atom. The second-order valence-electron chi connectivity index (χ2n) is 17.8. The molecule has 0 unspecified atom stereocenters. The smallest absolute Gasteiger partial charge is 0.329 e. The third kappa shape index (κ3) is 4.96. The normalized spacial score (nSPS) is 13.4. The molecule has 10 aromatic rings. The molecule has 4 aliphatic rings. The lowest BCUT2D eigenvalue weighted by Gasteiger charge is -2.48. The Morgan fingerprint density at radius 1 is 0.246 bits per heavy atom. The summed E-state index contributed by atoms with van der Waals surface area (Å²) in [5.74, 6) is 0. The van der Waals surface area contributed by atoms with Gasteiger partial charge in [-0.05, 0) is 89.1 Å². The quantitative estimate of drug-likeness (QED) is 0.129. The van der Waals surface area contributed by atoms with Gasteiger partial charge in [-0.3, -0.25) is 0 Å². The summed E-state index contributed by atoms with van der Waals surface area (Å²) in [6, 6.07) is 92.5. The molecule has 0 N–H and O–H groups in total. The van der Waals surface area contributed by atoms with Crippen molar-refractivity contribution in [1.29, 1.82) is 0 Å². The highest BCUT2D eigenvalue weighted by Crippen LogP contribution is 2.47. The Labute approximate surface area is 382 Å². The van der Waals surface area contributed by atoms with Crippen LogP contribution in [0, 0.1) is 0 Å². The molecule has 300 valence electrons. The zero-order valence-electron chi connectivity index (χ0n) is 35.6. The molecule has 4 heterocycles. The maximum atomic E-state index is 2.67. The van der Waals surface area contributed by atoms with Crippen molar-refractivity contribution in [3.8, 4) is 44.5 Å². The maximum absolute atomic E-state index is 3.33. The molecule has 14 rings (SSSR count). The number of rotatable bonds is 4. The Morgan fingerprint density at radius 3 is 0.923 bits per heavy atom. The van der Waals surface area contributed by atoms with E-state index in [1.165, 1.54) is 110 Å². The van der Waals surface area contributed by atoms with Crippen LogP contribution in [0.15, 0.2) is 243 Å². The van der Waals surface area contributed by atoms with Crippen LogP contribution >= 0.6 is 0 Å². The molecule has 10 aromatic carbocycles. The van der Waals surface area contributed by atoms with Gasteiger partial charge >= 0.3 is 13.7 Å². The van der Waals surface area contributed by atoms with Crippen molar-refractivity contribution < 1.29 is 0 Å². The summed E-state index contributed by atoms with van der Waals surface area (Å²) in [7, 11) is -3.33. The zero-order chi connectivity index (χ0) is 42.6. The van der Waals surface area contributed by atoms with Crippen LogP contribution in [0.2, 0.25) is 0 Å². The van der Waals surface area contributed by atoms with E-state index in [9.17, 15) is 0 Å². The average Bonchev–Trinajstić information content (AvgIpc) is 3.39. The summed E-state index contributed by atoms with van der Waals surface area (Å²) in [5.41, 5.74) is 20.8. The molecule has 0 spiro atoms. The van der Waals surface area contributed by atoms with Gasteiger partial charge in [0.15, 0.2) is 8.07 Å². The van der Waals surface area contributed by atoms with E-state index in [4.69, 9.17) is 0 Å².